The van der Waals surface area contributed by atoms with Crippen LogP contribution in [0.1, 0.15) is 17.3 Å². The SMILES string of the molecule is Cn1nc(CC(=O)NC(c2ccccc2)C(F)(F)F)c2ccccc2c1=O. The monoisotopic (exact) mass is 375 g/mol. The first-order valence-electron chi connectivity index (χ1n) is 8.13. The van der Waals surface area contributed by atoms with Gasteiger partial charge in [0.2, 0.25) is 5.91 Å². The molecule has 0 spiro atoms. The molecule has 0 radical (unpaired) electrons. The van der Waals surface area contributed by atoms with E-state index >= 15 is 0 Å². The van der Waals surface area contributed by atoms with E-state index in [4.69, 9.17) is 0 Å². The Hall–Kier alpha value is -3.16. The number of benzene rings is 2. The highest BCUT2D eigenvalue weighted by Gasteiger charge is 2.41. The van der Waals surface area contributed by atoms with Gasteiger partial charge in [0.1, 0.15) is 0 Å². The zero-order valence-corrected chi connectivity index (χ0v) is 14.3. The van der Waals surface area contributed by atoms with E-state index in [0.29, 0.717) is 10.8 Å². The number of halogens is 3. The summed E-state index contributed by atoms with van der Waals surface area (Å²) in [6.45, 7) is 0. The van der Waals surface area contributed by atoms with Gasteiger partial charge in [-0.3, -0.25) is 9.59 Å². The molecule has 0 aliphatic carbocycles. The number of rotatable bonds is 4. The summed E-state index contributed by atoms with van der Waals surface area (Å²) in [5.74, 6) is -0.836. The minimum Gasteiger partial charge on any atom is -0.340 e. The molecule has 1 unspecified atom stereocenters. The number of fused-ring (bicyclic) bond motifs is 1. The first-order chi connectivity index (χ1) is 12.8. The van der Waals surface area contributed by atoms with E-state index in [1.54, 1.807) is 30.3 Å². The fraction of sp³-hybridized carbons (Fsp3) is 0.211. The fourth-order valence-electron chi connectivity index (χ4n) is 2.87. The molecule has 8 heteroatoms. The molecule has 1 aromatic heterocycles. The smallest absolute Gasteiger partial charge is 0.340 e. The average molecular weight is 375 g/mol. The van der Waals surface area contributed by atoms with Gasteiger partial charge in [-0.05, 0) is 11.6 Å². The Morgan fingerprint density at radius 1 is 1.07 bits per heavy atom. The van der Waals surface area contributed by atoms with Gasteiger partial charge in [0.05, 0.1) is 17.5 Å². The number of carbonyl (C=O) groups excluding carboxylic acids is 1. The van der Waals surface area contributed by atoms with Crippen molar-refractivity contribution in [3.05, 3.63) is 76.2 Å². The first-order valence-corrected chi connectivity index (χ1v) is 8.13. The first kappa shape index (κ1) is 18.6. The van der Waals surface area contributed by atoms with E-state index in [1.807, 2.05) is 5.32 Å². The third-order valence-corrected chi connectivity index (χ3v) is 4.13. The number of carbonyl (C=O) groups is 1. The van der Waals surface area contributed by atoms with Gasteiger partial charge < -0.3 is 5.32 Å². The molecule has 27 heavy (non-hydrogen) atoms. The van der Waals surface area contributed by atoms with Gasteiger partial charge in [0.25, 0.3) is 5.56 Å². The van der Waals surface area contributed by atoms with Crippen molar-refractivity contribution in [2.45, 2.75) is 18.6 Å². The van der Waals surface area contributed by atoms with Crippen molar-refractivity contribution in [1.82, 2.24) is 15.1 Å². The molecule has 0 fully saturated rings. The van der Waals surface area contributed by atoms with Gasteiger partial charge in [0.15, 0.2) is 6.04 Å². The van der Waals surface area contributed by atoms with Crippen molar-refractivity contribution in [1.29, 1.82) is 0 Å². The topological polar surface area (TPSA) is 64.0 Å². The number of nitrogens with one attached hydrogen (secondary N) is 1. The van der Waals surface area contributed by atoms with Gasteiger partial charge >= 0.3 is 6.18 Å². The quantitative estimate of drug-likeness (QED) is 0.763. The standard InChI is InChI=1S/C19H16F3N3O2/c1-25-18(27)14-10-6-5-9-13(14)15(24-25)11-16(26)23-17(19(20,21)22)12-7-3-2-4-8-12/h2-10,17H,11H2,1H3,(H,23,26). The molecule has 140 valence electrons. The highest BCUT2D eigenvalue weighted by Crippen LogP contribution is 2.32. The van der Waals surface area contributed by atoms with Crippen LogP contribution in [0.4, 0.5) is 13.2 Å². The summed E-state index contributed by atoms with van der Waals surface area (Å²) < 4.78 is 41.3. The molecule has 5 nitrogen and oxygen atoms in total. The van der Waals surface area contributed by atoms with Crippen LogP contribution in [0.2, 0.25) is 0 Å². The lowest BCUT2D eigenvalue weighted by molar-refractivity contribution is -0.163. The van der Waals surface area contributed by atoms with Crippen LogP contribution in [-0.4, -0.2) is 21.9 Å². The van der Waals surface area contributed by atoms with E-state index in [0.717, 1.165) is 4.68 Å². The minimum absolute atomic E-state index is 0.0587. The van der Waals surface area contributed by atoms with Crippen molar-refractivity contribution in [2.24, 2.45) is 7.05 Å². The van der Waals surface area contributed by atoms with Crippen LogP contribution in [-0.2, 0) is 18.3 Å². The summed E-state index contributed by atoms with van der Waals surface area (Å²) in [7, 11) is 1.43. The molecule has 1 heterocycles. The predicted molar refractivity (Wildman–Crippen MR) is 94.1 cm³/mol. The number of amides is 1. The highest BCUT2D eigenvalue weighted by molar-refractivity contribution is 5.88. The minimum atomic E-state index is -4.64. The van der Waals surface area contributed by atoms with Gasteiger partial charge in [-0.15, -0.1) is 0 Å². The fourth-order valence-corrected chi connectivity index (χ4v) is 2.87. The molecule has 0 aliphatic rings. The summed E-state index contributed by atoms with van der Waals surface area (Å²) in [6, 6.07) is 11.6. The average Bonchev–Trinajstić information content (AvgIpc) is 2.64. The number of aromatic nitrogens is 2. The second kappa shape index (κ2) is 7.22. The Labute approximate surface area is 152 Å². The van der Waals surface area contributed by atoms with Gasteiger partial charge in [-0.1, -0.05) is 48.5 Å². The number of aryl methyl sites for hydroxylation is 1. The van der Waals surface area contributed by atoms with Crippen molar-refractivity contribution >= 4 is 16.7 Å². The Morgan fingerprint density at radius 3 is 2.30 bits per heavy atom. The zero-order valence-electron chi connectivity index (χ0n) is 14.3. The van der Waals surface area contributed by atoms with Gasteiger partial charge in [-0.25, -0.2) is 4.68 Å². The largest absolute Gasteiger partial charge is 0.412 e. The van der Waals surface area contributed by atoms with Crippen LogP contribution in [0.5, 0.6) is 0 Å². The summed E-state index contributed by atoms with van der Waals surface area (Å²) in [5.41, 5.74) is -0.164. The van der Waals surface area contributed by atoms with Crippen molar-refractivity contribution in [3.8, 4) is 0 Å². The van der Waals surface area contributed by atoms with E-state index < -0.39 is 18.1 Å². The van der Waals surface area contributed by atoms with Crippen LogP contribution in [0.25, 0.3) is 10.8 Å². The molecule has 1 N–H and O–H groups in total. The maximum Gasteiger partial charge on any atom is 0.412 e. The van der Waals surface area contributed by atoms with E-state index in [-0.39, 0.29) is 23.2 Å². The van der Waals surface area contributed by atoms with E-state index in [2.05, 4.69) is 5.10 Å². The second-order valence-corrected chi connectivity index (χ2v) is 6.05. The number of hydrogen-bond donors (Lipinski definition) is 1. The molecule has 1 amide bonds. The summed E-state index contributed by atoms with van der Waals surface area (Å²) in [5, 5.41) is 6.87. The van der Waals surface area contributed by atoms with Gasteiger partial charge in [0, 0.05) is 12.4 Å². The third kappa shape index (κ3) is 3.99. The molecule has 0 aliphatic heterocycles. The molecule has 3 aromatic rings. The van der Waals surface area contributed by atoms with Crippen LogP contribution in [0.15, 0.2) is 59.4 Å². The Kier molecular flexibility index (Phi) is 4.98. The van der Waals surface area contributed by atoms with Crippen molar-refractivity contribution in [2.75, 3.05) is 0 Å². The Morgan fingerprint density at radius 2 is 1.67 bits per heavy atom. The summed E-state index contributed by atoms with van der Waals surface area (Å²) in [4.78, 5) is 24.5. The summed E-state index contributed by atoms with van der Waals surface area (Å²) in [6.07, 6.45) is -5.02. The highest BCUT2D eigenvalue weighted by atomic mass is 19.4. The maximum atomic E-state index is 13.4. The molecule has 0 saturated heterocycles. The van der Waals surface area contributed by atoms with Crippen LogP contribution >= 0.6 is 0 Å². The van der Waals surface area contributed by atoms with E-state index in [1.165, 1.54) is 31.3 Å². The molecule has 0 bridgehead atoms. The second-order valence-electron chi connectivity index (χ2n) is 6.05. The maximum absolute atomic E-state index is 13.4. The number of alkyl halides is 3. The predicted octanol–water partition coefficient (Wildman–Crippen LogP) is 2.90. The van der Waals surface area contributed by atoms with Crippen molar-refractivity contribution in [3.63, 3.8) is 0 Å². The Bertz CT molecular complexity index is 1030. The number of hydrogen-bond acceptors (Lipinski definition) is 3. The molecular formula is C19H16F3N3O2. The van der Waals surface area contributed by atoms with Crippen molar-refractivity contribution < 1.29 is 18.0 Å². The molecule has 0 saturated carbocycles. The summed E-state index contributed by atoms with van der Waals surface area (Å²) >= 11 is 0. The van der Waals surface area contributed by atoms with Crippen LogP contribution in [0.3, 0.4) is 0 Å². The normalized spacial score (nSPS) is 12.7. The van der Waals surface area contributed by atoms with Crippen LogP contribution < -0.4 is 10.9 Å². The number of nitrogens with zero attached hydrogens (tertiary/aromatic N) is 2. The van der Waals surface area contributed by atoms with Gasteiger partial charge in [-0.2, -0.15) is 18.3 Å². The van der Waals surface area contributed by atoms with E-state index in [9.17, 15) is 22.8 Å². The lowest BCUT2D eigenvalue weighted by atomic mass is 10.1. The zero-order chi connectivity index (χ0) is 19.6. The molecule has 3 rings (SSSR count). The lowest BCUT2D eigenvalue weighted by Crippen LogP contribution is -2.39. The Balaban J connectivity index is 1.90. The lowest BCUT2D eigenvalue weighted by Gasteiger charge is -2.22. The molecular weight excluding hydrogens is 359 g/mol. The third-order valence-electron chi connectivity index (χ3n) is 4.13. The van der Waals surface area contributed by atoms with Crippen LogP contribution in [0, 0.1) is 0 Å². The molecule has 2 aromatic carbocycles. The molecule has 1 atom stereocenters.